The number of benzene rings is 1. The summed E-state index contributed by atoms with van der Waals surface area (Å²) in [6.45, 7) is 10.5. The minimum atomic E-state index is -3.66. The lowest BCUT2D eigenvalue weighted by Crippen LogP contribution is -2.46. The molecule has 8 heteroatoms. The van der Waals surface area contributed by atoms with Crippen molar-refractivity contribution in [3.63, 3.8) is 0 Å². The Morgan fingerprint density at radius 1 is 1.24 bits per heavy atom. The Kier molecular flexibility index (Phi) is 6.89. The lowest BCUT2D eigenvalue weighted by atomic mass is 10.1. The standard InChI is InChI=1S/C17H24N2O5S/c1-6-11-18-25(22,23)14-9-7-13(8-10-14)16(21)24-12(2)15(20)19-17(3,4)5/h6-10,12,18H,1,11H2,2-5H3,(H,19,20)/t12-/m0/s1. The van der Waals surface area contributed by atoms with Crippen LogP contribution in [0.15, 0.2) is 41.8 Å². The first kappa shape index (κ1) is 20.9. The van der Waals surface area contributed by atoms with Gasteiger partial charge in [-0.25, -0.2) is 17.9 Å². The molecule has 0 spiro atoms. The van der Waals surface area contributed by atoms with Gasteiger partial charge >= 0.3 is 5.97 Å². The summed E-state index contributed by atoms with van der Waals surface area (Å²) in [6, 6.07) is 5.25. The highest BCUT2D eigenvalue weighted by Gasteiger charge is 2.23. The van der Waals surface area contributed by atoms with Crippen molar-refractivity contribution in [2.45, 2.75) is 44.2 Å². The van der Waals surface area contributed by atoms with E-state index in [0.717, 1.165) is 0 Å². The zero-order valence-corrected chi connectivity index (χ0v) is 15.6. The number of ether oxygens (including phenoxy) is 1. The second kappa shape index (κ2) is 8.26. The fourth-order valence-corrected chi connectivity index (χ4v) is 2.77. The molecule has 0 saturated carbocycles. The van der Waals surface area contributed by atoms with Crippen molar-refractivity contribution in [3.05, 3.63) is 42.5 Å². The topological polar surface area (TPSA) is 102 Å². The molecule has 7 nitrogen and oxygen atoms in total. The van der Waals surface area contributed by atoms with Crippen LogP contribution in [0.1, 0.15) is 38.1 Å². The molecule has 0 heterocycles. The smallest absolute Gasteiger partial charge is 0.338 e. The number of carbonyl (C=O) groups is 2. The third kappa shape index (κ3) is 6.67. The summed E-state index contributed by atoms with van der Waals surface area (Å²) in [4.78, 5) is 24.0. The van der Waals surface area contributed by atoms with Gasteiger partial charge in [0, 0.05) is 12.1 Å². The average molecular weight is 368 g/mol. The van der Waals surface area contributed by atoms with Crippen molar-refractivity contribution in [2.24, 2.45) is 0 Å². The minimum absolute atomic E-state index is 0.0180. The molecule has 0 aliphatic heterocycles. The van der Waals surface area contributed by atoms with Crippen LogP contribution < -0.4 is 10.0 Å². The third-order valence-corrected chi connectivity index (χ3v) is 4.41. The Bertz CT molecular complexity index is 733. The van der Waals surface area contributed by atoms with Crippen LogP contribution in [0, 0.1) is 0 Å². The van der Waals surface area contributed by atoms with Crippen LogP contribution in [-0.4, -0.2) is 38.5 Å². The summed E-state index contributed by atoms with van der Waals surface area (Å²) in [5.74, 6) is -1.12. The number of sulfonamides is 1. The summed E-state index contributed by atoms with van der Waals surface area (Å²) < 4.78 is 31.3. The molecule has 0 aliphatic carbocycles. The molecule has 0 bridgehead atoms. The lowest BCUT2D eigenvalue weighted by molar-refractivity contribution is -0.130. The van der Waals surface area contributed by atoms with E-state index in [1.165, 1.54) is 37.3 Å². The first-order valence-electron chi connectivity index (χ1n) is 7.70. The molecule has 1 rings (SSSR count). The highest BCUT2D eigenvalue weighted by atomic mass is 32.2. The molecule has 25 heavy (non-hydrogen) atoms. The maximum absolute atomic E-state index is 12.1. The Balaban J connectivity index is 2.77. The third-order valence-electron chi connectivity index (χ3n) is 2.97. The molecule has 0 saturated heterocycles. The Morgan fingerprint density at radius 3 is 2.28 bits per heavy atom. The number of amides is 1. The molecular formula is C17H24N2O5S. The fraction of sp³-hybridized carbons (Fsp3) is 0.412. The lowest BCUT2D eigenvalue weighted by Gasteiger charge is -2.23. The van der Waals surface area contributed by atoms with Gasteiger partial charge in [-0.15, -0.1) is 6.58 Å². The summed E-state index contributed by atoms with van der Waals surface area (Å²) in [7, 11) is -3.66. The fourth-order valence-electron chi connectivity index (χ4n) is 1.78. The zero-order chi connectivity index (χ0) is 19.3. The molecule has 0 aromatic heterocycles. The van der Waals surface area contributed by atoms with Crippen molar-refractivity contribution in [1.82, 2.24) is 10.0 Å². The summed E-state index contributed by atoms with van der Waals surface area (Å²) in [6.07, 6.45) is 0.456. The van der Waals surface area contributed by atoms with Crippen LogP contribution in [0.5, 0.6) is 0 Å². The normalized spacial score (nSPS) is 13.0. The van der Waals surface area contributed by atoms with Gasteiger partial charge in [-0.05, 0) is 52.0 Å². The monoisotopic (exact) mass is 368 g/mol. The van der Waals surface area contributed by atoms with Gasteiger partial charge in [0.05, 0.1) is 10.5 Å². The van der Waals surface area contributed by atoms with Crippen LogP contribution >= 0.6 is 0 Å². The first-order valence-corrected chi connectivity index (χ1v) is 9.18. The van der Waals surface area contributed by atoms with Crippen molar-refractivity contribution in [3.8, 4) is 0 Å². The minimum Gasteiger partial charge on any atom is -0.449 e. The number of esters is 1. The van der Waals surface area contributed by atoms with E-state index in [1.54, 1.807) is 0 Å². The Morgan fingerprint density at radius 2 is 1.80 bits per heavy atom. The Hall–Kier alpha value is -2.19. The molecule has 1 amide bonds. The molecule has 0 fully saturated rings. The Labute approximate surface area is 148 Å². The van der Waals surface area contributed by atoms with Crippen LogP contribution in [0.4, 0.5) is 0 Å². The van der Waals surface area contributed by atoms with Gasteiger partial charge in [0.2, 0.25) is 10.0 Å². The predicted molar refractivity (Wildman–Crippen MR) is 94.6 cm³/mol. The number of nitrogens with one attached hydrogen (secondary N) is 2. The van der Waals surface area contributed by atoms with E-state index in [0.29, 0.717) is 0 Å². The van der Waals surface area contributed by atoms with Crippen LogP contribution in [-0.2, 0) is 19.6 Å². The summed E-state index contributed by atoms with van der Waals surface area (Å²) in [5, 5.41) is 2.71. The van der Waals surface area contributed by atoms with E-state index in [2.05, 4.69) is 16.6 Å². The average Bonchev–Trinajstić information content (AvgIpc) is 2.51. The summed E-state index contributed by atoms with van der Waals surface area (Å²) >= 11 is 0. The molecular weight excluding hydrogens is 344 g/mol. The largest absolute Gasteiger partial charge is 0.449 e. The van der Waals surface area contributed by atoms with Crippen molar-refractivity contribution >= 4 is 21.9 Å². The number of carbonyl (C=O) groups excluding carboxylic acids is 2. The quantitative estimate of drug-likeness (QED) is 0.562. The van der Waals surface area contributed by atoms with Crippen LogP contribution in [0.3, 0.4) is 0 Å². The SMILES string of the molecule is C=CCNS(=O)(=O)c1ccc(C(=O)O[C@@H](C)C(=O)NC(C)(C)C)cc1. The maximum atomic E-state index is 12.1. The van der Waals surface area contributed by atoms with E-state index in [4.69, 9.17) is 4.74 Å². The molecule has 2 N–H and O–H groups in total. The number of hydrogen-bond donors (Lipinski definition) is 2. The number of rotatable bonds is 7. The van der Waals surface area contributed by atoms with E-state index < -0.39 is 33.5 Å². The second-order valence-corrected chi connectivity index (χ2v) is 8.22. The van der Waals surface area contributed by atoms with Crippen molar-refractivity contribution in [2.75, 3.05) is 6.54 Å². The maximum Gasteiger partial charge on any atom is 0.338 e. The highest BCUT2D eigenvalue weighted by Crippen LogP contribution is 2.12. The molecule has 0 unspecified atom stereocenters. The van der Waals surface area contributed by atoms with Crippen molar-refractivity contribution < 1.29 is 22.7 Å². The van der Waals surface area contributed by atoms with Gasteiger partial charge in [0.15, 0.2) is 6.10 Å². The number of hydrogen-bond acceptors (Lipinski definition) is 5. The highest BCUT2D eigenvalue weighted by molar-refractivity contribution is 7.89. The summed E-state index contributed by atoms with van der Waals surface area (Å²) in [5.41, 5.74) is -0.287. The van der Waals surface area contributed by atoms with Gasteiger partial charge in [-0.2, -0.15) is 0 Å². The van der Waals surface area contributed by atoms with Gasteiger partial charge in [0.1, 0.15) is 0 Å². The zero-order valence-electron chi connectivity index (χ0n) is 14.8. The molecule has 1 aromatic carbocycles. The van der Waals surface area contributed by atoms with Gasteiger partial charge in [-0.1, -0.05) is 6.08 Å². The molecule has 0 radical (unpaired) electrons. The van der Waals surface area contributed by atoms with Crippen molar-refractivity contribution in [1.29, 1.82) is 0 Å². The van der Waals surface area contributed by atoms with Gasteiger partial charge in [0.25, 0.3) is 5.91 Å². The first-order chi connectivity index (χ1) is 11.5. The van der Waals surface area contributed by atoms with Gasteiger partial charge in [-0.3, -0.25) is 4.79 Å². The molecule has 1 atom stereocenters. The van der Waals surface area contributed by atoms with Gasteiger partial charge < -0.3 is 10.1 Å². The van der Waals surface area contributed by atoms with Crippen LogP contribution in [0.2, 0.25) is 0 Å². The van der Waals surface area contributed by atoms with E-state index in [-0.39, 0.29) is 17.0 Å². The van der Waals surface area contributed by atoms with E-state index in [1.807, 2.05) is 20.8 Å². The molecule has 0 aliphatic rings. The molecule has 1 aromatic rings. The van der Waals surface area contributed by atoms with Crippen LogP contribution in [0.25, 0.3) is 0 Å². The predicted octanol–water partition coefficient (Wildman–Crippen LogP) is 1.61. The van der Waals surface area contributed by atoms with E-state index in [9.17, 15) is 18.0 Å². The van der Waals surface area contributed by atoms with E-state index >= 15 is 0 Å². The molecule has 138 valence electrons. The second-order valence-electron chi connectivity index (χ2n) is 6.45.